The van der Waals surface area contributed by atoms with Crippen molar-refractivity contribution in [1.29, 1.82) is 5.26 Å². The quantitative estimate of drug-likeness (QED) is 0.838. The van der Waals surface area contributed by atoms with Crippen LogP contribution in [0.15, 0.2) is 24.3 Å². The van der Waals surface area contributed by atoms with Crippen molar-refractivity contribution in [2.45, 2.75) is 13.8 Å². The molecule has 0 heterocycles. The molecule has 0 fully saturated rings. The second kappa shape index (κ2) is 6.40. The zero-order chi connectivity index (χ0) is 13.5. The average Bonchev–Trinajstić information content (AvgIpc) is 2.36. The van der Waals surface area contributed by atoms with Crippen LogP contribution in [0.4, 0.5) is 5.69 Å². The van der Waals surface area contributed by atoms with E-state index in [0.29, 0.717) is 11.3 Å². The summed E-state index contributed by atoms with van der Waals surface area (Å²) in [6, 6.07) is 8.57. The zero-order valence-electron chi connectivity index (χ0n) is 10.4. The normalized spacial score (nSPS) is 9.67. The van der Waals surface area contributed by atoms with Crippen LogP contribution in [-0.4, -0.2) is 18.4 Å². The van der Waals surface area contributed by atoms with Gasteiger partial charge in [0.2, 0.25) is 11.8 Å². The number of nitrogens with one attached hydrogen (secondary N) is 2. The predicted octanol–water partition coefficient (Wildman–Crippen LogP) is 1.27. The molecule has 0 saturated heterocycles. The first kappa shape index (κ1) is 13.7. The first-order valence-corrected chi connectivity index (χ1v) is 5.60. The number of rotatable bonds is 4. The Labute approximate surface area is 106 Å². The van der Waals surface area contributed by atoms with Gasteiger partial charge in [0, 0.05) is 11.6 Å². The van der Waals surface area contributed by atoms with Crippen molar-refractivity contribution in [3.8, 4) is 6.07 Å². The molecule has 2 amide bonds. The van der Waals surface area contributed by atoms with Gasteiger partial charge in [0.15, 0.2) is 0 Å². The van der Waals surface area contributed by atoms with E-state index in [4.69, 9.17) is 5.26 Å². The molecule has 0 atom stereocenters. The van der Waals surface area contributed by atoms with Crippen molar-refractivity contribution in [2.75, 3.05) is 11.9 Å². The van der Waals surface area contributed by atoms with Gasteiger partial charge in [0.05, 0.1) is 18.2 Å². The van der Waals surface area contributed by atoms with E-state index in [1.165, 1.54) is 0 Å². The molecule has 94 valence electrons. The van der Waals surface area contributed by atoms with Gasteiger partial charge in [-0.2, -0.15) is 5.26 Å². The Kier molecular flexibility index (Phi) is 4.88. The lowest BCUT2D eigenvalue weighted by molar-refractivity contribution is -0.126. The molecule has 1 aromatic rings. The molecule has 1 rings (SSSR count). The second-order valence-electron chi connectivity index (χ2n) is 4.11. The third-order valence-corrected chi connectivity index (χ3v) is 2.22. The summed E-state index contributed by atoms with van der Waals surface area (Å²) in [6.07, 6.45) is 0. The fourth-order valence-electron chi connectivity index (χ4n) is 1.24. The van der Waals surface area contributed by atoms with Crippen molar-refractivity contribution < 1.29 is 9.59 Å². The lowest BCUT2D eigenvalue weighted by atomic mass is 10.2. The highest BCUT2D eigenvalue weighted by Gasteiger charge is 2.09. The third-order valence-electron chi connectivity index (χ3n) is 2.22. The van der Waals surface area contributed by atoms with Crippen LogP contribution < -0.4 is 10.6 Å². The largest absolute Gasteiger partial charge is 0.347 e. The SMILES string of the molecule is CC(C)C(=O)NCC(=O)Nc1cccc(C#N)c1. The summed E-state index contributed by atoms with van der Waals surface area (Å²) < 4.78 is 0. The highest BCUT2D eigenvalue weighted by Crippen LogP contribution is 2.09. The van der Waals surface area contributed by atoms with E-state index < -0.39 is 0 Å². The number of nitriles is 1. The summed E-state index contributed by atoms with van der Waals surface area (Å²) in [6.45, 7) is 3.43. The molecule has 2 N–H and O–H groups in total. The Hall–Kier alpha value is -2.35. The van der Waals surface area contributed by atoms with Crippen LogP contribution in [0, 0.1) is 17.2 Å². The smallest absolute Gasteiger partial charge is 0.243 e. The zero-order valence-corrected chi connectivity index (χ0v) is 10.4. The van der Waals surface area contributed by atoms with E-state index in [1.54, 1.807) is 38.1 Å². The summed E-state index contributed by atoms with van der Waals surface area (Å²) in [5.41, 5.74) is 1.01. The van der Waals surface area contributed by atoms with Gasteiger partial charge in [0.25, 0.3) is 0 Å². The van der Waals surface area contributed by atoms with Gasteiger partial charge in [-0.15, -0.1) is 0 Å². The molecule has 0 aliphatic carbocycles. The van der Waals surface area contributed by atoms with Crippen LogP contribution in [-0.2, 0) is 9.59 Å². The molecule has 0 bridgehead atoms. The summed E-state index contributed by atoms with van der Waals surface area (Å²) >= 11 is 0. The van der Waals surface area contributed by atoms with Crippen molar-refractivity contribution in [1.82, 2.24) is 5.32 Å². The van der Waals surface area contributed by atoms with Crippen LogP contribution in [0.1, 0.15) is 19.4 Å². The number of hydrogen-bond donors (Lipinski definition) is 2. The molecule has 18 heavy (non-hydrogen) atoms. The first-order chi connectivity index (χ1) is 8.52. The van der Waals surface area contributed by atoms with Crippen molar-refractivity contribution in [3.05, 3.63) is 29.8 Å². The highest BCUT2D eigenvalue weighted by molar-refractivity contribution is 5.94. The number of benzene rings is 1. The molecule has 0 aliphatic rings. The van der Waals surface area contributed by atoms with E-state index in [1.807, 2.05) is 6.07 Å². The van der Waals surface area contributed by atoms with Crippen LogP contribution in [0.5, 0.6) is 0 Å². The number of hydrogen-bond acceptors (Lipinski definition) is 3. The Balaban J connectivity index is 2.50. The predicted molar refractivity (Wildman–Crippen MR) is 67.6 cm³/mol. The Morgan fingerprint density at radius 2 is 2.11 bits per heavy atom. The molecule has 1 aromatic carbocycles. The minimum atomic E-state index is -0.320. The maximum absolute atomic E-state index is 11.5. The number of carbonyl (C=O) groups is 2. The molecule has 0 unspecified atom stereocenters. The number of anilines is 1. The van der Waals surface area contributed by atoms with Gasteiger partial charge >= 0.3 is 0 Å². The van der Waals surface area contributed by atoms with Gasteiger partial charge < -0.3 is 10.6 Å². The maximum atomic E-state index is 11.5. The summed E-state index contributed by atoms with van der Waals surface area (Å²) in [5.74, 6) is -0.644. The summed E-state index contributed by atoms with van der Waals surface area (Å²) in [7, 11) is 0. The Morgan fingerprint density at radius 1 is 1.39 bits per heavy atom. The molecular formula is C13H15N3O2. The van der Waals surface area contributed by atoms with E-state index in [-0.39, 0.29) is 24.3 Å². The topological polar surface area (TPSA) is 82.0 Å². The third kappa shape index (κ3) is 4.26. The monoisotopic (exact) mass is 245 g/mol. The first-order valence-electron chi connectivity index (χ1n) is 5.60. The Morgan fingerprint density at radius 3 is 2.72 bits per heavy atom. The van der Waals surface area contributed by atoms with Gasteiger partial charge in [-0.05, 0) is 18.2 Å². The van der Waals surface area contributed by atoms with Gasteiger partial charge in [-0.3, -0.25) is 9.59 Å². The van der Waals surface area contributed by atoms with Crippen LogP contribution in [0.3, 0.4) is 0 Å². The van der Waals surface area contributed by atoms with Crippen molar-refractivity contribution in [3.63, 3.8) is 0 Å². The molecule has 0 aliphatic heterocycles. The van der Waals surface area contributed by atoms with Gasteiger partial charge in [-0.25, -0.2) is 0 Å². The fraction of sp³-hybridized carbons (Fsp3) is 0.308. The molecule has 5 heteroatoms. The molecule has 0 radical (unpaired) electrons. The van der Waals surface area contributed by atoms with E-state index >= 15 is 0 Å². The Bertz CT molecular complexity index is 489. The van der Waals surface area contributed by atoms with Gasteiger partial charge in [0.1, 0.15) is 0 Å². The number of amides is 2. The summed E-state index contributed by atoms with van der Waals surface area (Å²) in [4.78, 5) is 22.8. The number of carbonyl (C=O) groups excluding carboxylic acids is 2. The second-order valence-corrected chi connectivity index (χ2v) is 4.11. The minimum absolute atomic E-state index is 0.0756. The standard InChI is InChI=1S/C13H15N3O2/c1-9(2)13(18)15-8-12(17)16-11-5-3-4-10(6-11)7-14/h3-6,9H,8H2,1-2H3,(H,15,18)(H,16,17). The van der Waals surface area contributed by atoms with Crippen LogP contribution in [0.25, 0.3) is 0 Å². The lowest BCUT2D eigenvalue weighted by Crippen LogP contribution is -2.35. The molecule has 5 nitrogen and oxygen atoms in total. The molecular weight excluding hydrogens is 230 g/mol. The fourth-order valence-corrected chi connectivity index (χ4v) is 1.24. The van der Waals surface area contributed by atoms with E-state index in [0.717, 1.165) is 0 Å². The van der Waals surface area contributed by atoms with E-state index in [2.05, 4.69) is 10.6 Å². The average molecular weight is 245 g/mol. The number of nitrogens with zero attached hydrogens (tertiary/aromatic N) is 1. The molecule has 0 spiro atoms. The molecule has 0 aromatic heterocycles. The van der Waals surface area contributed by atoms with Gasteiger partial charge in [-0.1, -0.05) is 19.9 Å². The lowest BCUT2D eigenvalue weighted by Gasteiger charge is -2.08. The maximum Gasteiger partial charge on any atom is 0.243 e. The highest BCUT2D eigenvalue weighted by atomic mass is 16.2. The van der Waals surface area contributed by atoms with E-state index in [9.17, 15) is 9.59 Å². The minimum Gasteiger partial charge on any atom is -0.347 e. The van der Waals surface area contributed by atoms with Crippen LogP contribution in [0.2, 0.25) is 0 Å². The molecule has 0 saturated carbocycles. The summed E-state index contributed by atoms with van der Waals surface area (Å²) in [5, 5.41) is 13.8. The van der Waals surface area contributed by atoms with Crippen molar-refractivity contribution >= 4 is 17.5 Å². The van der Waals surface area contributed by atoms with Crippen molar-refractivity contribution in [2.24, 2.45) is 5.92 Å². The van der Waals surface area contributed by atoms with Crippen LogP contribution >= 0.6 is 0 Å².